The Kier molecular flexibility index (Phi) is 45.3. The van der Waals surface area contributed by atoms with Gasteiger partial charge in [-0.05, 0) is 44.9 Å². The third-order valence-electron chi connectivity index (χ3n) is 11.3. The van der Waals surface area contributed by atoms with Gasteiger partial charge >= 0.3 is 17.9 Å². The van der Waals surface area contributed by atoms with E-state index in [0.717, 1.165) is 57.8 Å². The molecule has 0 heterocycles. The molecule has 0 aliphatic heterocycles. The summed E-state index contributed by atoms with van der Waals surface area (Å²) in [6.45, 7) is 6.64. The molecule has 0 aromatic heterocycles. The molecule has 0 aromatic carbocycles. The second kappa shape index (κ2) is 46.8. The SMILES string of the molecule is CCCCCC/C=C\CCCCCCCCCC(=O)OCC(COC(=O)CCCCCCCCCCCC)OC(=O)CCCCCCCCCCCCCCCC. The highest BCUT2D eigenvalue weighted by Crippen LogP contribution is 2.16. The molecule has 57 heavy (non-hydrogen) atoms. The number of allylic oxidation sites excluding steroid dienone is 2. The predicted molar refractivity (Wildman–Crippen MR) is 243 cm³/mol. The van der Waals surface area contributed by atoms with Gasteiger partial charge in [0.05, 0.1) is 0 Å². The third kappa shape index (κ3) is 45.1. The van der Waals surface area contributed by atoms with Crippen LogP contribution in [0.2, 0.25) is 0 Å². The average molecular weight is 805 g/mol. The van der Waals surface area contributed by atoms with E-state index in [4.69, 9.17) is 14.2 Å². The largest absolute Gasteiger partial charge is 0.462 e. The van der Waals surface area contributed by atoms with Gasteiger partial charge in [0.15, 0.2) is 6.10 Å². The van der Waals surface area contributed by atoms with Gasteiger partial charge < -0.3 is 14.2 Å². The molecule has 0 N–H and O–H groups in total. The minimum absolute atomic E-state index is 0.0664. The summed E-state index contributed by atoms with van der Waals surface area (Å²) in [5, 5.41) is 0. The zero-order valence-corrected chi connectivity index (χ0v) is 38.4. The normalized spacial score (nSPS) is 12.0. The van der Waals surface area contributed by atoms with Gasteiger partial charge in [0.1, 0.15) is 13.2 Å². The van der Waals surface area contributed by atoms with E-state index in [-0.39, 0.29) is 31.1 Å². The first-order chi connectivity index (χ1) is 28.0. The highest BCUT2D eigenvalue weighted by Gasteiger charge is 2.19. The summed E-state index contributed by atoms with van der Waals surface area (Å²) < 4.78 is 16.8. The summed E-state index contributed by atoms with van der Waals surface area (Å²) in [4.78, 5) is 37.8. The minimum Gasteiger partial charge on any atom is -0.462 e. The van der Waals surface area contributed by atoms with Crippen molar-refractivity contribution in [3.8, 4) is 0 Å². The Hall–Kier alpha value is -1.85. The van der Waals surface area contributed by atoms with Gasteiger partial charge in [0.2, 0.25) is 0 Å². The van der Waals surface area contributed by atoms with Crippen LogP contribution in [0, 0.1) is 0 Å². The Morgan fingerprint density at radius 3 is 0.895 bits per heavy atom. The van der Waals surface area contributed by atoms with Crippen LogP contribution in [-0.4, -0.2) is 37.2 Å². The van der Waals surface area contributed by atoms with Crippen LogP contribution in [0.3, 0.4) is 0 Å². The average Bonchev–Trinajstić information content (AvgIpc) is 3.21. The lowest BCUT2D eigenvalue weighted by atomic mass is 10.0. The van der Waals surface area contributed by atoms with E-state index in [0.29, 0.717) is 19.3 Å². The molecule has 0 fully saturated rings. The van der Waals surface area contributed by atoms with E-state index >= 15 is 0 Å². The molecule has 336 valence electrons. The van der Waals surface area contributed by atoms with Gasteiger partial charge in [0.25, 0.3) is 0 Å². The van der Waals surface area contributed by atoms with E-state index < -0.39 is 6.10 Å². The maximum absolute atomic E-state index is 12.8. The smallest absolute Gasteiger partial charge is 0.306 e. The summed E-state index contributed by atoms with van der Waals surface area (Å²) >= 11 is 0. The van der Waals surface area contributed by atoms with Crippen LogP contribution in [0.5, 0.6) is 0 Å². The molecular weight excluding hydrogens is 709 g/mol. The monoisotopic (exact) mass is 805 g/mol. The van der Waals surface area contributed by atoms with Crippen LogP contribution in [-0.2, 0) is 28.6 Å². The highest BCUT2D eigenvalue weighted by atomic mass is 16.6. The van der Waals surface area contributed by atoms with Crippen molar-refractivity contribution in [2.45, 2.75) is 284 Å². The van der Waals surface area contributed by atoms with Gasteiger partial charge in [-0.1, -0.05) is 226 Å². The molecule has 6 nitrogen and oxygen atoms in total. The van der Waals surface area contributed by atoms with Crippen molar-refractivity contribution in [1.29, 1.82) is 0 Å². The Morgan fingerprint density at radius 1 is 0.333 bits per heavy atom. The number of esters is 3. The number of carbonyl (C=O) groups is 3. The molecule has 0 amide bonds. The van der Waals surface area contributed by atoms with Crippen molar-refractivity contribution in [1.82, 2.24) is 0 Å². The molecular formula is C51H96O6. The van der Waals surface area contributed by atoms with Crippen LogP contribution < -0.4 is 0 Å². The van der Waals surface area contributed by atoms with Crippen LogP contribution in [0.15, 0.2) is 12.2 Å². The van der Waals surface area contributed by atoms with E-state index in [2.05, 4.69) is 32.9 Å². The van der Waals surface area contributed by atoms with Gasteiger partial charge in [-0.25, -0.2) is 0 Å². The molecule has 6 heteroatoms. The Balaban J connectivity index is 4.31. The van der Waals surface area contributed by atoms with Gasteiger partial charge in [-0.2, -0.15) is 0 Å². The summed E-state index contributed by atoms with van der Waals surface area (Å²) in [6.07, 6.45) is 50.5. The zero-order valence-electron chi connectivity index (χ0n) is 38.4. The zero-order chi connectivity index (χ0) is 41.5. The van der Waals surface area contributed by atoms with Crippen molar-refractivity contribution in [2.75, 3.05) is 13.2 Å². The van der Waals surface area contributed by atoms with Gasteiger partial charge in [0, 0.05) is 19.3 Å². The lowest BCUT2D eigenvalue weighted by Gasteiger charge is -2.18. The number of hydrogen-bond donors (Lipinski definition) is 0. The molecule has 0 saturated carbocycles. The molecule has 0 aliphatic carbocycles. The summed E-state index contributed by atoms with van der Waals surface area (Å²) in [5.41, 5.74) is 0. The molecule has 0 bridgehead atoms. The summed E-state index contributed by atoms with van der Waals surface area (Å²) in [6, 6.07) is 0. The number of unbranched alkanes of at least 4 members (excludes halogenated alkanes) is 33. The third-order valence-corrected chi connectivity index (χ3v) is 11.3. The van der Waals surface area contributed by atoms with Gasteiger partial charge in [-0.3, -0.25) is 14.4 Å². The summed E-state index contributed by atoms with van der Waals surface area (Å²) in [5.74, 6) is -0.858. The fourth-order valence-corrected chi connectivity index (χ4v) is 7.44. The van der Waals surface area contributed by atoms with E-state index in [1.807, 2.05) is 0 Å². The van der Waals surface area contributed by atoms with E-state index in [1.54, 1.807) is 0 Å². The molecule has 0 rings (SSSR count). The predicted octanol–water partition coefficient (Wildman–Crippen LogP) is 16.2. The topological polar surface area (TPSA) is 78.9 Å². The second-order valence-electron chi connectivity index (χ2n) is 17.1. The number of hydrogen-bond acceptors (Lipinski definition) is 6. The Morgan fingerprint density at radius 2 is 0.579 bits per heavy atom. The number of ether oxygens (including phenoxy) is 3. The van der Waals surface area contributed by atoms with Crippen molar-refractivity contribution in [2.24, 2.45) is 0 Å². The van der Waals surface area contributed by atoms with E-state index in [9.17, 15) is 14.4 Å². The maximum atomic E-state index is 12.8. The fraction of sp³-hybridized carbons (Fsp3) is 0.902. The molecule has 0 spiro atoms. The lowest BCUT2D eigenvalue weighted by molar-refractivity contribution is -0.167. The van der Waals surface area contributed by atoms with Crippen molar-refractivity contribution < 1.29 is 28.6 Å². The van der Waals surface area contributed by atoms with E-state index in [1.165, 1.54) is 180 Å². The van der Waals surface area contributed by atoms with Crippen molar-refractivity contribution in [3.05, 3.63) is 12.2 Å². The van der Waals surface area contributed by atoms with Crippen LogP contribution in [0.1, 0.15) is 278 Å². The fourth-order valence-electron chi connectivity index (χ4n) is 7.44. The molecule has 1 unspecified atom stereocenters. The van der Waals surface area contributed by atoms with Crippen LogP contribution in [0.25, 0.3) is 0 Å². The maximum Gasteiger partial charge on any atom is 0.306 e. The summed E-state index contributed by atoms with van der Waals surface area (Å²) in [7, 11) is 0. The first kappa shape index (κ1) is 55.2. The van der Waals surface area contributed by atoms with Crippen LogP contribution in [0.4, 0.5) is 0 Å². The highest BCUT2D eigenvalue weighted by molar-refractivity contribution is 5.71. The first-order valence-corrected chi connectivity index (χ1v) is 25.2. The Bertz CT molecular complexity index is 885. The quantitative estimate of drug-likeness (QED) is 0.0264. The number of rotatable bonds is 46. The molecule has 0 aliphatic rings. The first-order valence-electron chi connectivity index (χ1n) is 25.2. The van der Waals surface area contributed by atoms with Gasteiger partial charge in [-0.15, -0.1) is 0 Å². The molecule has 0 radical (unpaired) electrons. The van der Waals surface area contributed by atoms with Crippen LogP contribution >= 0.6 is 0 Å². The molecule has 0 aromatic rings. The lowest BCUT2D eigenvalue weighted by Crippen LogP contribution is -2.30. The Labute approximate surface area is 354 Å². The second-order valence-corrected chi connectivity index (χ2v) is 17.1. The minimum atomic E-state index is -0.763. The molecule has 1 atom stereocenters. The van der Waals surface area contributed by atoms with Crippen molar-refractivity contribution >= 4 is 17.9 Å². The molecule has 0 saturated heterocycles. The van der Waals surface area contributed by atoms with Crippen molar-refractivity contribution in [3.63, 3.8) is 0 Å². The number of carbonyl (C=O) groups excluding carboxylic acids is 3. The standard InChI is InChI=1S/C51H96O6/c1-4-7-10-13-16-19-22-24-26-28-29-32-35-38-41-44-50(53)56-47-48(46-55-49(52)43-40-37-34-31-21-18-15-12-9-6-3)57-51(54)45-42-39-36-33-30-27-25-23-20-17-14-11-8-5-2/h19,22,48H,4-18,20-21,23-47H2,1-3H3/b22-19-.